The predicted molar refractivity (Wildman–Crippen MR) is 282 cm³/mol. The number of anilines is 6. The average Bonchev–Trinajstić information content (AvgIpc) is 3.80. The van der Waals surface area contributed by atoms with Crippen molar-refractivity contribution < 1.29 is 9.15 Å². The summed E-state index contributed by atoms with van der Waals surface area (Å²) in [6.45, 7) is 0. The van der Waals surface area contributed by atoms with E-state index in [9.17, 15) is 0 Å². The molecule has 0 radical (unpaired) electrons. The first-order valence-electron chi connectivity index (χ1n) is 23.1. The van der Waals surface area contributed by atoms with Crippen molar-refractivity contribution >= 4 is 66.8 Å². The van der Waals surface area contributed by atoms with E-state index in [-0.39, 0.29) is 0 Å². The van der Waals surface area contributed by atoms with Crippen molar-refractivity contribution in [2.24, 2.45) is 0 Å². The topological polar surface area (TPSA) is 28.9 Å². The van der Waals surface area contributed by atoms with Gasteiger partial charge in [0.1, 0.15) is 22.7 Å². The second-order valence-corrected chi connectivity index (χ2v) is 17.2. The maximum atomic E-state index is 6.93. The van der Waals surface area contributed by atoms with Crippen molar-refractivity contribution in [1.29, 1.82) is 0 Å². The smallest absolute Gasteiger partial charge is 0.143 e. The maximum absolute atomic E-state index is 6.93. The zero-order chi connectivity index (χ0) is 45.0. The molecule has 0 fully saturated rings. The van der Waals surface area contributed by atoms with Crippen LogP contribution in [0.5, 0.6) is 11.5 Å². The molecule has 1 aliphatic rings. The second kappa shape index (κ2) is 16.4. The highest BCUT2D eigenvalue weighted by Crippen LogP contribution is 2.55. The van der Waals surface area contributed by atoms with Crippen LogP contribution in [0.15, 0.2) is 259 Å². The van der Waals surface area contributed by atoms with E-state index in [4.69, 9.17) is 9.15 Å². The Morgan fingerprint density at radius 3 is 1.43 bits per heavy atom. The molecule has 12 aromatic rings. The van der Waals surface area contributed by atoms with Gasteiger partial charge in [-0.1, -0.05) is 176 Å². The zero-order valence-corrected chi connectivity index (χ0v) is 37.0. The number of hydrogen-bond acceptors (Lipinski definition) is 4. The summed E-state index contributed by atoms with van der Waals surface area (Å²) in [5.41, 5.74) is 17.1. The van der Waals surface area contributed by atoms with Gasteiger partial charge in [0.05, 0.1) is 11.4 Å². The molecule has 4 nitrogen and oxygen atoms in total. The third-order valence-electron chi connectivity index (χ3n) is 13.3. The third-order valence-corrected chi connectivity index (χ3v) is 13.3. The van der Waals surface area contributed by atoms with Crippen molar-refractivity contribution in [1.82, 2.24) is 0 Å². The molecule has 320 valence electrons. The van der Waals surface area contributed by atoms with Crippen molar-refractivity contribution in [2.75, 3.05) is 9.80 Å². The van der Waals surface area contributed by atoms with Crippen molar-refractivity contribution in [3.8, 4) is 56.0 Å². The fourth-order valence-electron chi connectivity index (χ4n) is 10.1. The maximum Gasteiger partial charge on any atom is 0.143 e. The number of nitrogens with zero attached hydrogens (tertiary/aromatic N) is 2. The molecule has 1 aliphatic heterocycles. The van der Waals surface area contributed by atoms with E-state index in [2.05, 4.69) is 252 Å². The molecule has 11 aromatic carbocycles. The molecule has 0 saturated heterocycles. The Bertz CT molecular complexity index is 3750. The van der Waals surface area contributed by atoms with Gasteiger partial charge >= 0.3 is 0 Å². The summed E-state index contributed by atoms with van der Waals surface area (Å²) in [7, 11) is 0. The third kappa shape index (κ3) is 6.69. The lowest BCUT2D eigenvalue weighted by Crippen LogP contribution is -2.13. The first-order valence-corrected chi connectivity index (χ1v) is 23.1. The minimum atomic E-state index is 0.825. The first-order chi connectivity index (χ1) is 33.7. The number of hydrogen-bond donors (Lipinski definition) is 0. The van der Waals surface area contributed by atoms with E-state index in [1.165, 1.54) is 16.7 Å². The van der Waals surface area contributed by atoms with E-state index in [1.807, 2.05) is 12.1 Å². The van der Waals surface area contributed by atoms with Gasteiger partial charge < -0.3 is 19.0 Å². The van der Waals surface area contributed by atoms with Crippen LogP contribution in [0.4, 0.5) is 34.1 Å². The Morgan fingerprint density at radius 2 is 0.765 bits per heavy atom. The molecule has 0 N–H and O–H groups in total. The quantitative estimate of drug-likeness (QED) is 0.144. The molecule has 4 heteroatoms. The fraction of sp³-hybridized carbons (Fsp3) is 0. The molecule has 13 rings (SSSR count). The number of fused-ring (bicyclic) bond motifs is 5. The summed E-state index contributed by atoms with van der Waals surface area (Å²) in [6, 6.07) is 90.4. The summed E-state index contributed by atoms with van der Waals surface area (Å²) >= 11 is 0. The van der Waals surface area contributed by atoms with Crippen LogP contribution in [0.2, 0.25) is 0 Å². The van der Waals surface area contributed by atoms with Gasteiger partial charge in [0.25, 0.3) is 0 Å². The van der Waals surface area contributed by atoms with Gasteiger partial charge in [-0.2, -0.15) is 0 Å². The van der Waals surface area contributed by atoms with Crippen molar-refractivity contribution in [3.05, 3.63) is 255 Å². The summed E-state index contributed by atoms with van der Waals surface area (Å²) in [5.74, 6) is 1.66. The number of furan rings is 1. The summed E-state index contributed by atoms with van der Waals surface area (Å²) in [4.78, 5) is 4.70. The van der Waals surface area contributed by atoms with Crippen LogP contribution in [0, 0.1) is 0 Å². The van der Waals surface area contributed by atoms with E-state index in [0.717, 1.165) is 106 Å². The second-order valence-electron chi connectivity index (χ2n) is 17.2. The highest BCUT2D eigenvalue weighted by molar-refractivity contribution is 6.13. The first kappa shape index (κ1) is 39.3. The molecule has 0 atom stereocenters. The number of benzene rings is 11. The van der Waals surface area contributed by atoms with Crippen LogP contribution < -0.4 is 14.5 Å². The van der Waals surface area contributed by atoms with Crippen molar-refractivity contribution in [3.63, 3.8) is 0 Å². The van der Waals surface area contributed by atoms with Crippen molar-refractivity contribution in [2.45, 2.75) is 0 Å². The van der Waals surface area contributed by atoms with Gasteiger partial charge in [0, 0.05) is 55.4 Å². The molecule has 0 saturated carbocycles. The summed E-state index contributed by atoms with van der Waals surface area (Å²) in [5, 5.41) is 4.39. The van der Waals surface area contributed by atoms with E-state index < -0.39 is 0 Å². The Morgan fingerprint density at radius 1 is 0.279 bits per heavy atom. The molecule has 1 aromatic heterocycles. The lowest BCUT2D eigenvalue weighted by Gasteiger charge is -2.32. The minimum Gasteiger partial charge on any atom is -0.456 e. The Hall–Kier alpha value is -9.12. The van der Waals surface area contributed by atoms with Crippen LogP contribution >= 0.6 is 0 Å². The molecule has 0 spiro atoms. The molecule has 0 bridgehead atoms. The van der Waals surface area contributed by atoms with Crippen LogP contribution in [0.25, 0.3) is 77.2 Å². The van der Waals surface area contributed by atoms with Crippen LogP contribution in [0.1, 0.15) is 0 Å². The van der Waals surface area contributed by atoms with Crippen LogP contribution in [0.3, 0.4) is 0 Å². The van der Waals surface area contributed by atoms with E-state index in [1.54, 1.807) is 0 Å². The molecule has 0 unspecified atom stereocenters. The molecule has 68 heavy (non-hydrogen) atoms. The number of para-hydroxylation sites is 4. The minimum absolute atomic E-state index is 0.825. The average molecular weight is 871 g/mol. The highest BCUT2D eigenvalue weighted by Gasteiger charge is 2.28. The number of rotatable bonds is 9. The van der Waals surface area contributed by atoms with Gasteiger partial charge in [-0.15, -0.1) is 0 Å². The lowest BCUT2D eigenvalue weighted by molar-refractivity contribution is 0.487. The predicted octanol–water partition coefficient (Wildman–Crippen LogP) is 18.5. The highest BCUT2D eigenvalue weighted by atomic mass is 16.5. The van der Waals surface area contributed by atoms with Gasteiger partial charge in [-0.3, -0.25) is 0 Å². The monoisotopic (exact) mass is 870 g/mol. The molecule has 0 amide bonds. The van der Waals surface area contributed by atoms with E-state index in [0.29, 0.717) is 0 Å². The molecule has 0 aliphatic carbocycles. The Balaban J connectivity index is 0.955. The lowest BCUT2D eigenvalue weighted by atomic mass is 9.91. The number of ether oxygens (including phenoxy) is 1. The standard InChI is InChI=1S/C64H42N2O2/c1-4-15-43(16-5-1)44-29-31-45(32-30-44)46-33-37-50(38-34-46)65(51-39-35-47(36-40-51)52-22-12-23-54-53-21-10-11-27-59(53)68-64(52)54)57-41-42-61-62-55(57)24-13-25-56(62)63-58(26-14-28-60(63)67-61)66(48-17-6-2-7-18-48)49-19-8-3-9-20-49/h1-42H. The Labute approximate surface area is 394 Å². The molecular formula is C64H42N2O2. The summed E-state index contributed by atoms with van der Waals surface area (Å²) < 4.78 is 13.4. The van der Waals surface area contributed by atoms with Gasteiger partial charge in [-0.25, -0.2) is 0 Å². The summed E-state index contributed by atoms with van der Waals surface area (Å²) in [6.07, 6.45) is 0. The van der Waals surface area contributed by atoms with E-state index >= 15 is 0 Å². The van der Waals surface area contributed by atoms with Gasteiger partial charge in [-0.05, 0) is 112 Å². The SMILES string of the molecule is c1ccc(-c2ccc(-c3ccc(N(c4ccc(-c5cccc6c5oc5ccccc56)cc4)c4ccc5c6c(cccc46)-c4c(cccc4N(c4ccccc4)c4ccccc4)O5)cc3)cc2)cc1. The fourth-order valence-corrected chi connectivity index (χ4v) is 10.1. The zero-order valence-electron chi connectivity index (χ0n) is 37.0. The van der Waals surface area contributed by atoms with Crippen LogP contribution in [-0.2, 0) is 0 Å². The largest absolute Gasteiger partial charge is 0.456 e. The van der Waals surface area contributed by atoms with Gasteiger partial charge in [0.2, 0.25) is 0 Å². The molecular weight excluding hydrogens is 829 g/mol. The normalized spacial score (nSPS) is 11.6. The Kier molecular flexibility index (Phi) is 9.47. The van der Waals surface area contributed by atoms with Gasteiger partial charge in [0.15, 0.2) is 0 Å². The molecule has 2 heterocycles. The van der Waals surface area contributed by atoms with Crippen LogP contribution in [-0.4, -0.2) is 0 Å².